The largest absolute Gasteiger partial charge is 0.507 e. The molecule has 3 heterocycles. The van der Waals surface area contributed by atoms with Crippen molar-refractivity contribution in [2.24, 2.45) is 0 Å². The number of benzene rings is 1. The number of nitrogens with one attached hydrogen (secondary N) is 2. The number of phenols is 1. The Hall–Kier alpha value is -3.44. The highest BCUT2D eigenvalue weighted by atomic mass is 16.3. The molecule has 166 valence electrons. The number of piperidine rings is 1. The maximum Gasteiger partial charge on any atom is 0.353 e. The third-order valence-electron chi connectivity index (χ3n) is 6.00. The lowest BCUT2D eigenvalue weighted by Crippen LogP contribution is -2.58. The van der Waals surface area contributed by atoms with Gasteiger partial charge in [-0.25, -0.2) is 4.68 Å². The molecule has 1 saturated heterocycles. The second-order valence-corrected chi connectivity index (χ2v) is 9.84. The van der Waals surface area contributed by atoms with Gasteiger partial charge in [0.15, 0.2) is 0 Å². The van der Waals surface area contributed by atoms with Crippen LogP contribution in [0.1, 0.15) is 63.5 Å². The third-order valence-corrected chi connectivity index (χ3v) is 6.00. The maximum absolute atomic E-state index is 10.6. The molecule has 2 aromatic heterocycles. The van der Waals surface area contributed by atoms with Crippen molar-refractivity contribution in [2.45, 2.75) is 64.6 Å². The van der Waals surface area contributed by atoms with Crippen LogP contribution in [0.3, 0.4) is 0 Å². The van der Waals surface area contributed by atoms with Crippen LogP contribution in [-0.2, 0) is 0 Å². The van der Waals surface area contributed by atoms with E-state index in [-0.39, 0.29) is 22.9 Å². The quantitative estimate of drug-likeness (QED) is 0.559. The van der Waals surface area contributed by atoms with Crippen LogP contribution < -0.4 is 5.32 Å². The summed E-state index contributed by atoms with van der Waals surface area (Å²) >= 11 is 0. The molecular weight excluding hydrogens is 402 g/mol. The summed E-state index contributed by atoms with van der Waals surface area (Å²) in [7, 11) is 0. The Morgan fingerprint density at radius 2 is 1.94 bits per heavy atom. The molecule has 0 unspecified atom stereocenters. The maximum atomic E-state index is 10.6. The number of aromatic amines is 1. The molecule has 0 bridgehead atoms. The molecular formula is C24H30N7O+. The number of nitrogens with zero attached hydrogens (tertiary/aromatic N) is 5. The lowest BCUT2D eigenvalue weighted by Gasteiger charge is -2.46. The fourth-order valence-corrected chi connectivity index (χ4v) is 4.93. The van der Waals surface area contributed by atoms with Crippen molar-refractivity contribution in [3.05, 3.63) is 52.4 Å². The summed E-state index contributed by atoms with van der Waals surface area (Å²) in [6.45, 7) is 16.6. The van der Waals surface area contributed by atoms with E-state index in [9.17, 15) is 5.11 Å². The van der Waals surface area contributed by atoms with Gasteiger partial charge in [0.25, 0.3) is 6.57 Å². The highest BCUT2D eigenvalue weighted by Gasteiger charge is 2.39. The van der Waals surface area contributed by atoms with E-state index < -0.39 is 0 Å². The van der Waals surface area contributed by atoms with Gasteiger partial charge < -0.3 is 10.4 Å². The Kier molecular flexibility index (Phi) is 5.39. The molecule has 3 aromatic rings. The molecule has 3 N–H and O–H groups in total. The van der Waals surface area contributed by atoms with Crippen molar-refractivity contribution in [3.8, 4) is 23.4 Å². The van der Waals surface area contributed by atoms with Crippen molar-refractivity contribution < 1.29 is 5.11 Å². The van der Waals surface area contributed by atoms with Crippen LogP contribution in [0, 0.1) is 13.5 Å². The van der Waals surface area contributed by atoms with Gasteiger partial charge in [-0.1, -0.05) is 11.3 Å². The van der Waals surface area contributed by atoms with Crippen LogP contribution in [0.15, 0.2) is 30.6 Å². The summed E-state index contributed by atoms with van der Waals surface area (Å²) in [6, 6.07) is 5.58. The van der Waals surface area contributed by atoms with Gasteiger partial charge in [-0.15, -0.1) is 5.10 Å². The Labute approximate surface area is 188 Å². The number of H-pyrrole nitrogens is 1. The second kappa shape index (κ2) is 7.92. The van der Waals surface area contributed by atoms with Crippen LogP contribution in [0.4, 0.5) is 0 Å². The van der Waals surface area contributed by atoms with Crippen LogP contribution in [0.25, 0.3) is 27.7 Å². The molecule has 8 nitrogen and oxygen atoms in total. The highest BCUT2D eigenvalue weighted by molar-refractivity contribution is 5.88. The van der Waals surface area contributed by atoms with E-state index in [1.54, 1.807) is 30.6 Å². The van der Waals surface area contributed by atoms with E-state index in [1.807, 2.05) is 17.7 Å². The van der Waals surface area contributed by atoms with Crippen LogP contribution in [-0.4, -0.2) is 41.4 Å². The molecule has 0 radical (unpaired) electrons. The van der Waals surface area contributed by atoms with Crippen molar-refractivity contribution in [1.29, 1.82) is 0 Å². The number of hydrogen-bond donors (Lipinski definition) is 3. The Bertz CT molecular complexity index is 1180. The minimum absolute atomic E-state index is 0.00108. The molecule has 32 heavy (non-hydrogen) atoms. The zero-order chi connectivity index (χ0) is 23.1. The van der Waals surface area contributed by atoms with Crippen LogP contribution >= 0.6 is 0 Å². The van der Waals surface area contributed by atoms with Gasteiger partial charge in [-0.3, -0.25) is 5.10 Å². The highest BCUT2D eigenvalue weighted by Crippen LogP contribution is 2.37. The van der Waals surface area contributed by atoms with E-state index in [1.165, 1.54) is 0 Å². The third kappa shape index (κ3) is 4.30. The number of rotatable bonds is 4. The first-order valence-corrected chi connectivity index (χ1v) is 10.7. The molecule has 1 fully saturated rings. The average Bonchev–Trinajstić information content (AvgIpc) is 3.34. The Morgan fingerprint density at radius 1 is 1.22 bits per heavy atom. The van der Waals surface area contributed by atoms with Crippen LogP contribution in [0.5, 0.6) is 5.75 Å². The first-order chi connectivity index (χ1) is 15.1. The number of aromatic hydroxyl groups is 1. The average molecular weight is 433 g/mol. The van der Waals surface area contributed by atoms with E-state index in [2.05, 4.69) is 58.4 Å². The molecule has 0 atom stereocenters. The zero-order valence-electron chi connectivity index (χ0n) is 19.2. The SMILES string of the molecule is C#[N+]/C(=C\c1nnn(C2CC(C)(C)NC(C)(C)C2)c1C)c1ccc(-c2cn[nH]c2)cc1O. The van der Waals surface area contributed by atoms with Crippen molar-refractivity contribution in [3.63, 3.8) is 0 Å². The molecule has 0 spiro atoms. The monoisotopic (exact) mass is 432 g/mol. The van der Waals surface area contributed by atoms with Crippen molar-refractivity contribution in [2.75, 3.05) is 0 Å². The summed E-state index contributed by atoms with van der Waals surface area (Å²) < 4.78 is 2.01. The van der Waals surface area contributed by atoms with E-state index >= 15 is 0 Å². The molecule has 1 aliphatic heterocycles. The van der Waals surface area contributed by atoms with Gasteiger partial charge in [0.05, 0.1) is 24.0 Å². The van der Waals surface area contributed by atoms with Gasteiger partial charge in [0.1, 0.15) is 17.0 Å². The normalized spacial score (nSPS) is 18.4. The minimum Gasteiger partial charge on any atom is -0.507 e. The fraction of sp³-hybridized carbons (Fsp3) is 0.417. The number of phenolic OH excluding ortho intramolecular Hbond substituents is 1. The molecule has 0 saturated carbocycles. The van der Waals surface area contributed by atoms with Crippen molar-refractivity contribution in [1.82, 2.24) is 30.5 Å². The molecule has 4 rings (SSSR count). The summed E-state index contributed by atoms with van der Waals surface area (Å²) in [6.07, 6.45) is 7.14. The number of hydrogen-bond acceptors (Lipinski definition) is 5. The summed E-state index contributed by atoms with van der Waals surface area (Å²) in [5.74, 6) is 0.0797. The Balaban J connectivity index is 1.65. The summed E-state index contributed by atoms with van der Waals surface area (Å²) in [5, 5.41) is 29.9. The van der Waals surface area contributed by atoms with E-state index in [0.29, 0.717) is 17.0 Å². The molecule has 1 aromatic carbocycles. The van der Waals surface area contributed by atoms with Gasteiger partial charge in [0, 0.05) is 22.8 Å². The number of aromatic nitrogens is 5. The topological polar surface area (TPSA) is 96.0 Å². The van der Waals surface area contributed by atoms with E-state index in [4.69, 9.17) is 6.57 Å². The Morgan fingerprint density at radius 3 is 2.53 bits per heavy atom. The van der Waals surface area contributed by atoms with Gasteiger partial charge in [0.2, 0.25) is 0 Å². The summed E-state index contributed by atoms with van der Waals surface area (Å²) in [4.78, 5) is 3.91. The fourth-order valence-electron chi connectivity index (χ4n) is 4.93. The molecule has 0 aliphatic carbocycles. The lowest BCUT2D eigenvalue weighted by molar-refractivity contribution is 0.124. The molecule has 8 heteroatoms. The van der Waals surface area contributed by atoms with Gasteiger partial charge >= 0.3 is 5.70 Å². The standard InChI is InChI=1S/C24H29N7O/c1-15-20(28-30-31(15)18-11-23(2,3)29-24(4,5)12-18)10-21(25-6)19-8-7-16(9-22(19)32)17-13-26-27-14-17/h6-10,13-14,18,29H,11-12H2,1-5H3,(H-,26,27,32)/p+1/b21-10-. The second-order valence-electron chi connectivity index (χ2n) is 9.84. The predicted octanol–water partition coefficient (Wildman–Crippen LogP) is 4.62. The lowest BCUT2D eigenvalue weighted by atomic mass is 9.79. The first kappa shape index (κ1) is 21.8. The predicted molar refractivity (Wildman–Crippen MR) is 126 cm³/mol. The summed E-state index contributed by atoms with van der Waals surface area (Å²) in [5.41, 5.74) is 4.31. The smallest absolute Gasteiger partial charge is 0.353 e. The van der Waals surface area contributed by atoms with Crippen LogP contribution in [0.2, 0.25) is 0 Å². The van der Waals surface area contributed by atoms with Gasteiger partial charge in [-0.2, -0.15) is 5.10 Å². The van der Waals surface area contributed by atoms with E-state index in [0.717, 1.165) is 29.7 Å². The van der Waals surface area contributed by atoms with Crippen molar-refractivity contribution >= 4 is 11.8 Å². The zero-order valence-corrected chi connectivity index (χ0v) is 19.2. The first-order valence-electron chi connectivity index (χ1n) is 10.7. The minimum atomic E-state index is 0.00108. The van der Waals surface area contributed by atoms with Gasteiger partial charge in [-0.05, 0) is 70.0 Å². The molecule has 1 aliphatic rings. The molecule has 0 amide bonds.